The predicted octanol–water partition coefficient (Wildman–Crippen LogP) is 3.77. The van der Waals surface area contributed by atoms with E-state index in [1.54, 1.807) is 12.1 Å². The molecule has 0 atom stereocenters. The van der Waals surface area contributed by atoms with E-state index in [2.05, 4.69) is 19.2 Å². The second kappa shape index (κ2) is 6.94. The molecular formula is C14H21NO2. The molecule has 17 heavy (non-hydrogen) atoms. The van der Waals surface area contributed by atoms with Gasteiger partial charge in [-0.1, -0.05) is 26.7 Å². The minimum atomic E-state index is -0.879. The maximum atomic E-state index is 10.7. The SMILES string of the molecule is CCCC(CCC)Nc1ccc(C(=O)O)cc1. The lowest BCUT2D eigenvalue weighted by Crippen LogP contribution is -2.18. The van der Waals surface area contributed by atoms with Crippen molar-refractivity contribution in [2.75, 3.05) is 5.32 Å². The summed E-state index contributed by atoms with van der Waals surface area (Å²) < 4.78 is 0. The first-order valence-corrected chi connectivity index (χ1v) is 6.27. The molecule has 0 aromatic heterocycles. The number of nitrogens with one attached hydrogen (secondary N) is 1. The van der Waals surface area contributed by atoms with Gasteiger partial charge in [0.25, 0.3) is 0 Å². The number of carboxylic acid groups (broad SMARTS) is 1. The van der Waals surface area contributed by atoms with E-state index in [1.807, 2.05) is 12.1 Å². The quantitative estimate of drug-likeness (QED) is 0.756. The molecule has 0 aliphatic carbocycles. The van der Waals surface area contributed by atoms with Gasteiger partial charge < -0.3 is 10.4 Å². The lowest BCUT2D eigenvalue weighted by molar-refractivity contribution is 0.0697. The first-order chi connectivity index (χ1) is 8.17. The Bertz CT molecular complexity index is 340. The highest BCUT2D eigenvalue weighted by molar-refractivity contribution is 5.87. The fraction of sp³-hybridized carbons (Fsp3) is 0.500. The molecule has 0 saturated carbocycles. The molecule has 0 bridgehead atoms. The third kappa shape index (κ3) is 4.47. The number of hydrogen-bond donors (Lipinski definition) is 2. The van der Waals surface area contributed by atoms with Crippen LogP contribution in [0.4, 0.5) is 5.69 Å². The van der Waals surface area contributed by atoms with Crippen molar-refractivity contribution in [1.29, 1.82) is 0 Å². The first kappa shape index (κ1) is 13.6. The third-order valence-electron chi connectivity index (χ3n) is 2.78. The Morgan fingerprint density at radius 1 is 1.18 bits per heavy atom. The number of aromatic carboxylic acids is 1. The van der Waals surface area contributed by atoms with E-state index in [-0.39, 0.29) is 0 Å². The number of hydrogen-bond acceptors (Lipinski definition) is 2. The van der Waals surface area contributed by atoms with E-state index >= 15 is 0 Å². The Morgan fingerprint density at radius 2 is 1.71 bits per heavy atom. The van der Waals surface area contributed by atoms with Gasteiger partial charge in [-0.15, -0.1) is 0 Å². The molecule has 0 fully saturated rings. The molecule has 0 amide bonds. The molecule has 0 saturated heterocycles. The van der Waals surface area contributed by atoms with Gasteiger partial charge in [-0.3, -0.25) is 0 Å². The highest BCUT2D eigenvalue weighted by atomic mass is 16.4. The van der Waals surface area contributed by atoms with E-state index in [9.17, 15) is 4.79 Å². The Labute approximate surface area is 103 Å². The standard InChI is InChI=1S/C14H21NO2/c1-3-5-12(6-4-2)15-13-9-7-11(8-10-13)14(16)17/h7-10,12,15H,3-6H2,1-2H3,(H,16,17). The van der Waals surface area contributed by atoms with Crippen LogP contribution in [0.2, 0.25) is 0 Å². The molecule has 0 aliphatic rings. The summed E-state index contributed by atoms with van der Waals surface area (Å²) in [5.41, 5.74) is 1.33. The van der Waals surface area contributed by atoms with E-state index < -0.39 is 5.97 Å². The molecule has 1 rings (SSSR count). The molecule has 2 N–H and O–H groups in total. The van der Waals surface area contributed by atoms with Crippen LogP contribution in [0.3, 0.4) is 0 Å². The molecule has 0 spiro atoms. The summed E-state index contributed by atoms with van der Waals surface area (Å²) in [7, 11) is 0. The van der Waals surface area contributed by atoms with E-state index in [0.717, 1.165) is 31.4 Å². The minimum absolute atomic E-state index is 0.332. The smallest absolute Gasteiger partial charge is 0.335 e. The maximum absolute atomic E-state index is 10.7. The zero-order valence-electron chi connectivity index (χ0n) is 10.6. The predicted molar refractivity (Wildman–Crippen MR) is 70.6 cm³/mol. The van der Waals surface area contributed by atoms with E-state index in [0.29, 0.717) is 11.6 Å². The number of carboxylic acids is 1. The van der Waals surface area contributed by atoms with Crippen molar-refractivity contribution < 1.29 is 9.90 Å². The molecule has 3 nitrogen and oxygen atoms in total. The van der Waals surface area contributed by atoms with Gasteiger partial charge in [0.1, 0.15) is 0 Å². The number of carbonyl (C=O) groups is 1. The second-order valence-electron chi connectivity index (χ2n) is 4.30. The van der Waals surface area contributed by atoms with Gasteiger partial charge in [0.05, 0.1) is 5.56 Å². The largest absolute Gasteiger partial charge is 0.478 e. The lowest BCUT2D eigenvalue weighted by Gasteiger charge is -2.18. The summed E-state index contributed by atoms with van der Waals surface area (Å²) in [6.45, 7) is 4.36. The van der Waals surface area contributed by atoms with Crippen LogP contribution in [0.25, 0.3) is 0 Å². The molecule has 0 radical (unpaired) electrons. The Balaban J connectivity index is 2.62. The van der Waals surface area contributed by atoms with Crippen LogP contribution in [0.5, 0.6) is 0 Å². The van der Waals surface area contributed by atoms with Gasteiger partial charge in [0.15, 0.2) is 0 Å². The Kier molecular flexibility index (Phi) is 5.53. The van der Waals surface area contributed by atoms with Crippen LogP contribution >= 0.6 is 0 Å². The Hall–Kier alpha value is -1.51. The van der Waals surface area contributed by atoms with Crippen LogP contribution in [0.1, 0.15) is 49.9 Å². The van der Waals surface area contributed by atoms with E-state index in [1.165, 1.54) is 0 Å². The summed E-state index contributed by atoms with van der Waals surface area (Å²) in [5.74, 6) is -0.879. The topological polar surface area (TPSA) is 49.3 Å². The molecular weight excluding hydrogens is 214 g/mol. The molecule has 3 heteroatoms. The zero-order valence-corrected chi connectivity index (χ0v) is 10.6. The van der Waals surface area contributed by atoms with Crippen LogP contribution < -0.4 is 5.32 Å². The zero-order chi connectivity index (χ0) is 12.7. The van der Waals surface area contributed by atoms with Crippen molar-refractivity contribution in [3.8, 4) is 0 Å². The van der Waals surface area contributed by atoms with Crippen molar-refractivity contribution in [3.05, 3.63) is 29.8 Å². The number of benzene rings is 1. The Morgan fingerprint density at radius 3 is 2.12 bits per heavy atom. The van der Waals surface area contributed by atoms with Crippen molar-refractivity contribution in [2.24, 2.45) is 0 Å². The summed E-state index contributed by atoms with van der Waals surface area (Å²) in [6.07, 6.45) is 4.61. The second-order valence-corrected chi connectivity index (χ2v) is 4.30. The molecule has 1 aromatic carbocycles. The van der Waals surface area contributed by atoms with Crippen molar-refractivity contribution >= 4 is 11.7 Å². The summed E-state index contributed by atoms with van der Waals surface area (Å²) in [5, 5.41) is 12.3. The van der Waals surface area contributed by atoms with Gasteiger partial charge in [-0.25, -0.2) is 4.79 Å². The van der Waals surface area contributed by atoms with Gasteiger partial charge in [0.2, 0.25) is 0 Å². The first-order valence-electron chi connectivity index (χ1n) is 6.27. The van der Waals surface area contributed by atoms with Gasteiger partial charge in [0, 0.05) is 11.7 Å². The summed E-state index contributed by atoms with van der Waals surface area (Å²) in [4.78, 5) is 10.7. The van der Waals surface area contributed by atoms with Crippen molar-refractivity contribution in [2.45, 2.75) is 45.6 Å². The number of anilines is 1. The average molecular weight is 235 g/mol. The normalized spacial score (nSPS) is 10.5. The van der Waals surface area contributed by atoms with Gasteiger partial charge in [-0.2, -0.15) is 0 Å². The van der Waals surface area contributed by atoms with Crippen molar-refractivity contribution in [3.63, 3.8) is 0 Å². The van der Waals surface area contributed by atoms with Crippen LogP contribution in [0.15, 0.2) is 24.3 Å². The fourth-order valence-electron chi connectivity index (χ4n) is 1.93. The number of rotatable bonds is 7. The monoisotopic (exact) mass is 235 g/mol. The summed E-state index contributed by atoms with van der Waals surface area (Å²) in [6, 6.07) is 7.43. The highest BCUT2D eigenvalue weighted by Gasteiger charge is 2.07. The average Bonchev–Trinajstić information content (AvgIpc) is 2.30. The maximum Gasteiger partial charge on any atom is 0.335 e. The molecule has 94 valence electrons. The van der Waals surface area contributed by atoms with Gasteiger partial charge in [-0.05, 0) is 37.1 Å². The van der Waals surface area contributed by atoms with Crippen LogP contribution in [-0.4, -0.2) is 17.1 Å². The van der Waals surface area contributed by atoms with Crippen molar-refractivity contribution in [1.82, 2.24) is 0 Å². The summed E-state index contributed by atoms with van der Waals surface area (Å²) >= 11 is 0. The van der Waals surface area contributed by atoms with Crippen LogP contribution in [-0.2, 0) is 0 Å². The highest BCUT2D eigenvalue weighted by Crippen LogP contribution is 2.15. The molecule has 0 heterocycles. The molecule has 1 aromatic rings. The van der Waals surface area contributed by atoms with Crippen LogP contribution in [0, 0.1) is 0 Å². The fourth-order valence-corrected chi connectivity index (χ4v) is 1.93. The van der Waals surface area contributed by atoms with E-state index in [4.69, 9.17) is 5.11 Å². The molecule has 0 unspecified atom stereocenters. The lowest BCUT2D eigenvalue weighted by atomic mass is 10.1. The minimum Gasteiger partial charge on any atom is -0.478 e. The van der Waals surface area contributed by atoms with Gasteiger partial charge >= 0.3 is 5.97 Å². The third-order valence-corrected chi connectivity index (χ3v) is 2.78. The molecule has 0 aliphatic heterocycles.